The van der Waals surface area contributed by atoms with Crippen LogP contribution in [0.2, 0.25) is 0 Å². The van der Waals surface area contributed by atoms with Crippen LogP contribution in [0.15, 0.2) is 78.6 Å². The molecule has 3 aromatic carbocycles. The summed E-state index contributed by atoms with van der Waals surface area (Å²) in [6.07, 6.45) is 1.11. The van der Waals surface area contributed by atoms with Crippen molar-refractivity contribution in [3.8, 4) is 5.75 Å². The van der Waals surface area contributed by atoms with Gasteiger partial charge in [-0.15, -0.1) is 0 Å². The number of hydrogen-bond acceptors (Lipinski definition) is 5. The van der Waals surface area contributed by atoms with E-state index in [0.29, 0.717) is 12.2 Å². The predicted octanol–water partition coefficient (Wildman–Crippen LogP) is 5.64. The molecule has 1 aliphatic rings. The van der Waals surface area contributed by atoms with Gasteiger partial charge >= 0.3 is 6.09 Å². The van der Waals surface area contributed by atoms with Crippen LogP contribution < -0.4 is 4.74 Å². The first-order valence-electron chi connectivity index (χ1n) is 11.3. The molecule has 176 valence electrons. The highest BCUT2D eigenvalue weighted by atomic mass is 16.6. The van der Waals surface area contributed by atoms with Gasteiger partial charge in [0.15, 0.2) is 0 Å². The summed E-state index contributed by atoms with van der Waals surface area (Å²) in [5.41, 5.74) is 1.22. The minimum Gasteiger partial charge on any atom is -0.497 e. The van der Waals surface area contributed by atoms with Crippen molar-refractivity contribution in [2.24, 2.45) is 0 Å². The molecule has 1 heterocycles. The summed E-state index contributed by atoms with van der Waals surface area (Å²) in [5.74, 6) is 0.735. The summed E-state index contributed by atoms with van der Waals surface area (Å²) in [6.45, 7) is 5.60. The molecule has 34 heavy (non-hydrogen) atoms. The number of carbonyl (C=O) groups excluding carboxylic acids is 2. The molecule has 0 radical (unpaired) electrons. The van der Waals surface area contributed by atoms with Crippen LogP contribution in [0.3, 0.4) is 0 Å². The summed E-state index contributed by atoms with van der Waals surface area (Å²) in [5, 5.41) is 2.20. The standard InChI is InChI=1S/C28H29NO5/c1-28(2,3)34-27(31)29-24(16-19-12-14-22(32-4)15-13-19)25(17-26(29)30)33-18-21-10-7-9-20-8-5-6-11-23(20)21/h5-15,17,24H,16,18H2,1-4H3. The van der Waals surface area contributed by atoms with Crippen LogP contribution in [-0.4, -0.2) is 35.7 Å². The third kappa shape index (κ3) is 5.22. The molecule has 0 saturated heterocycles. The SMILES string of the molecule is COc1ccc(CC2C(OCc3cccc4ccccc34)=CC(=O)N2C(=O)OC(C)(C)C)cc1. The largest absolute Gasteiger partial charge is 0.497 e. The van der Waals surface area contributed by atoms with E-state index in [2.05, 4.69) is 0 Å². The number of rotatable bonds is 6. The molecule has 3 aromatic rings. The Morgan fingerprint density at radius 2 is 1.68 bits per heavy atom. The first-order chi connectivity index (χ1) is 16.2. The summed E-state index contributed by atoms with van der Waals surface area (Å²) in [6, 6.07) is 21.0. The number of benzene rings is 3. The number of carbonyl (C=O) groups is 2. The minimum absolute atomic E-state index is 0.280. The lowest BCUT2D eigenvalue weighted by Gasteiger charge is -2.28. The highest BCUT2D eigenvalue weighted by Crippen LogP contribution is 2.29. The first kappa shape index (κ1) is 23.4. The molecule has 6 heteroatoms. The summed E-state index contributed by atoms with van der Waals surface area (Å²) >= 11 is 0. The van der Waals surface area contributed by atoms with E-state index in [1.165, 1.54) is 6.08 Å². The Bertz CT molecular complexity index is 1220. The van der Waals surface area contributed by atoms with Gasteiger partial charge in [-0.1, -0.05) is 54.6 Å². The van der Waals surface area contributed by atoms with Gasteiger partial charge in [-0.3, -0.25) is 4.79 Å². The molecule has 0 aromatic heterocycles. The molecule has 6 nitrogen and oxygen atoms in total. The van der Waals surface area contributed by atoms with Crippen molar-refractivity contribution in [3.05, 3.63) is 89.7 Å². The fourth-order valence-corrected chi connectivity index (χ4v) is 3.99. The number of imide groups is 1. The van der Waals surface area contributed by atoms with Gasteiger partial charge in [0.2, 0.25) is 0 Å². The Hall–Kier alpha value is -3.80. The van der Waals surface area contributed by atoms with Gasteiger partial charge in [0.25, 0.3) is 5.91 Å². The van der Waals surface area contributed by atoms with Crippen LogP contribution in [0.5, 0.6) is 5.75 Å². The lowest BCUT2D eigenvalue weighted by molar-refractivity contribution is -0.125. The molecule has 1 aliphatic heterocycles. The van der Waals surface area contributed by atoms with Crippen molar-refractivity contribution in [1.82, 2.24) is 4.90 Å². The molecule has 2 amide bonds. The van der Waals surface area contributed by atoms with Crippen LogP contribution in [-0.2, 0) is 27.3 Å². The van der Waals surface area contributed by atoms with Crippen molar-refractivity contribution in [3.63, 3.8) is 0 Å². The van der Waals surface area contributed by atoms with Gasteiger partial charge in [-0.2, -0.15) is 0 Å². The first-order valence-corrected chi connectivity index (χ1v) is 11.3. The fraction of sp³-hybridized carbons (Fsp3) is 0.286. The molecular formula is C28H29NO5. The molecule has 0 saturated carbocycles. The summed E-state index contributed by atoms with van der Waals surface area (Å²) in [7, 11) is 1.61. The van der Waals surface area contributed by atoms with E-state index in [1.54, 1.807) is 27.9 Å². The lowest BCUT2D eigenvalue weighted by atomic mass is 10.0. The zero-order valence-corrected chi connectivity index (χ0v) is 19.9. The smallest absolute Gasteiger partial charge is 0.418 e. The molecule has 4 rings (SSSR count). The number of fused-ring (bicyclic) bond motifs is 1. The molecule has 1 unspecified atom stereocenters. The van der Waals surface area contributed by atoms with E-state index in [0.717, 1.165) is 32.5 Å². The molecule has 0 N–H and O–H groups in total. The second-order valence-electron chi connectivity index (χ2n) is 9.23. The van der Waals surface area contributed by atoms with Gasteiger partial charge in [0, 0.05) is 12.5 Å². The maximum atomic E-state index is 12.9. The van der Waals surface area contributed by atoms with E-state index in [4.69, 9.17) is 14.2 Å². The van der Waals surface area contributed by atoms with Gasteiger partial charge in [0.05, 0.1) is 7.11 Å². The molecule has 0 spiro atoms. The Morgan fingerprint density at radius 3 is 2.38 bits per heavy atom. The molecular weight excluding hydrogens is 430 g/mol. The van der Waals surface area contributed by atoms with E-state index in [-0.39, 0.29) is 6.61 Å². The van der Waals surface area contributed by atoms with Crippen molar-refractivity contribution in [1.29, 1.82) is 0 Å². The van der Waals surface area contributed by atoms with E-state index in [1.807, 2.05) is 66.7 Å². The summed E-state index contributed by atoms with van der Waals surface area (Å²) < 4.78 is 16.9. The van der Waals surface area contributed by atoms with Gasteiger partial charge < -0.3 is 14.2 Å². The maximum absolute atomic E-state index is 12.9. The molecule has 0 fully saturated rings. The van der Waals surface area contributed by atoms with Crippen LogP contribution >= 0.6 is 0 Å². The lowest BCUT2D eigenvalue weighted by Crippen LogP contribution is -2.44. The monoisotopic (exact) mass is 459 g/mol. The zero-order valence-electron chi connectivity index (χ0n) is 19.9. The van der Waals surface area contributed by atoms with Crippen LogP contribution in [0.1, 0.15) is 31.9 Å². The average molecular weight is 460 g/mol. The van der Waals surface area contributed by atoms with Crippen molar-refractivity contribution < 1.29 is 23.8 Å². The topological polar surface area (TPSA) is 65.1 Å². The highest BCUT2D eigenvalue weighted by molar-refractivity contribution is 6.02. The van der Waals surface area contributed by atoms with Crippen molar-refractivity contribution in [2.45, 2.75) is 45.4 Å². The van der Waals surface area contributed by atoms with Crippen LogP contribution in [0.4, 0.5) is 4.79 Å². The number of nitrogens with zero attached hydrogens (tertiary/aromatic N) is 1. The fourth-order valence-electron chi connectivity index (χ4n) is 3.99. The minimum atomic E-state index is -0.728. The Kier molecular flexibility index (Phi) is 6.59. The van der Waals surface area contributed by atoms with Crippen molar-refractivity contribution in [2.75, 3.05) is 7.11 Å². The quantitative estimate of drug-likeness (QED) is 0.477. The average Bonchev–Trinajstić information content (AvgIpc) is 3.11. The van der Waals surface area contributed by atoms with Crippen LogP contribution in [0, 0.1) is 0 Å². The van der Waals surface area contributed by atoms with Gasteiger partial charge in [-0.25, -0.2) is 9.69 Å². The van der Waals surface area contributed by atoms with E-state index >= 15 is 0 Å². The number of amides is 2. The summed E-state index contributed by atoms with van der Waals surface area (Å²) in [4.78, 5) is 27.0. The van der Waals surface area contributed by atoms with Gasteiger partial charge in [-0.05, 0) is 54.8 Å². The molecule has 1 atom stereocenters. The zero-order chi connectivity index (χ0) is 24.3. The highest BCUT2D eigenvalue weighted by Gasteiger charge is 2.41. The van der Waals surface area contributed by atoms with Gasteiger partial charge in [0.1, 0.15) is 29.8 Å². The second-order valence-corrected chi connectivity index (χ2v) is 9.23. The second kappa shape index (κ2) is 9.59. The number of methoxy groups -OCH3 is 1. The Morgan fingerprint density at radius 1 is 0.971 bits per heavy atom. The predicted molar refractivity (Wildman–Crippen MR) is 130 cm³/mol. The van der Waals surface area contributed by atoms with E-state index < -0.39 is 23.6 Å². The Balaban J connectivity index is 1.59. The normalized spacial score (nSPS) is 15.9. The Labute approximate surface area is 199 Å². The maximum Gasteiger partial charge on any atom is 0.418 e. The van der Waals surface area contributed by atoms with E-state index in [9.17, 15) is 9.59 Å². The third-order valence-corrected chi connectivity index (χ3v) is 5.60. The van der Waals surface area contributed by atoms with Crippen LogP contribution in [0.25, 0.3) is 10.8 Å². The number of hydrogen-bond donors (Lipinski definition) is 0. The molecule has 0 aliphatic carbocycles. The molecule has 0 bridgehead atoms. The van der Waals surface area contributed by atoms with Crippen molar-refractivity contribution >= 4 is 22.8 Å². The number of ether oxygens (including phenoxy) is 3. The third-order valence-electron chi connectivity index (χ3n) is 5.60.